The number of amides is 2. The molecule has 1 heterocycles. The predicted molar refractivity (Wildman–Crippen MR) is 127 cm³/mol. The largest absolute Gasteiger partial charge is 0.444 e. The molecule has 7 nitrogen and oxygen atoms in total. The summed E-state index contributed by atoms with van der Waals surface area (Å²) in [7, 11) is 0. The van der Waals surface area contributed by atoms with E-state index in [1.165, 1.54) is 17.5 Å². The summed E-state index contributed by atoms with van der Waals surface area (Å²) in [5, 5.41) is 5.00. The number of pyridine rings is 1. The van der Waals surface area contributed by atoms with Crippen LogP contribution in [0.4, 0.5) is 10.6 Å². The van der Waals surface area contributed by atoms with Gasteiger partial charge in [-0.3, -0.25) is 9.52 Å². The Balaban J connectivity index is 0.000000577. The Morgan fingerprint density at radius 1 is 1.00 bits per heavy atom. The smallest absolute Gasteiger partial charge is 0.408 e. The van der Waals surface area contributed by atoms with E-state index in [2.05, 4.69) is 60.2 Å². The lowest BCUT2D eigenvalue weighted by Crippen LogP contribution is -2.37. The average molecular weight is 447 g/mol. The number of nitrogens with zero attached hydrogens (tertiary/aromatic N) is 1. The monoisotopic (exact) mass is 446 g/mol. The minimum Gasteiger partial charge on any atom is -0.444 e. The number of anilines is 1. The first kappa shape index (κ1) is 26.5. The highest BCUT2D eigenvalue weighted by atomic mass is 32.2. The summed E-state index contributed by atoms with van der Waals surface area (Å²) in [6.45, 7) is 13.4. The van der Waals surface area contributed by atoms with Gasteiger partial charge in [-0.25, -0.2) is 9.78 Å². The van der Waals surface area contributed by atoms with E-state index in [4.69, 9.17) is 4.74 Å². The highest BCUT2D eigenvalue weighted by Gasteiger charge is 2.16. The fourth-order valence-electron chi connectivity index (χ4n) is 1.91. The number of carbonyl (C=O) groups is 2. The van der Waals surface area contributed by atoms with Crippen molar-refractivity contribution in [2.45, 2.75) is 64.5 Å². The SMILES string of the molecule is CC(C)(C)NSc1ccc(NC(=O)CNC(=O)OC(C)(C)C)nc1.Cc1ccccc1. The van der Waals surface area contributed by atoms with Gasteiger partial charge in [-0.1, -0.05) is 35.9 Å². The highest BCUT2D eigenvalue weighted by molar-refractivity contribution is 7.97. The summed E-state index contributed by atoms with van der Waals surface area (Å²) in [4.78, 5) is 28.4. The Morgan fingerprint density at radius 2 is 1.65 bits per heavy atom. The highest BCUT2D eigenvalue weighted by Crippen LogP contribution is 2.18. The third kappa shape index (κ3) is 14.1. The van der Waals surface area contributed by atoms with Gasteiger partial charge in [-0.15, -0.1) is 0 Å². The number of carbonyl (C=O) groups excluding carboxylic acids is 2. The molecule has 2 rings (SSSR count). The lowest BCUT2D eigenvalue weighted by atomic mass is 10.1. The molecule has 0 radical (unpaired) electrons. The Bertz CT molecular complexity index is 813. The van der Waals surface area contributed by atoms with E-state index >= 15 is 0 Å². The zero-order chi connectivity index (χ0) is 23.5. The minimum absolute atomic E-state index is 0.00904. The number of hydrogen-bond acceptors (Lipinski definition) is 6. The number of aryl methyl sites for hydroxylation is 1. The maximum absolute atomic E-state index is 11.8. The molecule has 1 aromatic heterocycles. The van der Waals surface area contributed by atoms with Crippen LogP contribution in [0, 0.1) is 6.92 Å². The first-order chi connectivity index (χ1) is 14.3. The standard InChI is InChI=1S/C16H26N4O3S.C7H8/c1-15(2,3)20-24-11-7-8-12(17-9-11)19-13(21)10-18-14(22)23-16(4,5)6;1-7-5-3-2-4-6-7/h7-9,20H,10H2,1-6H3,(H,18,22)(H,17,19,21);2-6H,1H3. The molecule has 0 atom stereocenters. The van der Waals surface area contributed by atoms with Crippen LogP contribution >= 0.6 is 11.9 Å². The molecule has 31 heavy (non-hydrogen) atoms. The second-order valence-electron chi connectivity index (χ2n) is 8.89. The van der Waals surface area contributed by atoms with E-state index in [1.54, 1.807) is 33.0 Å². The van der Waals surface area contributed by atoms with Gasteiger partial charge >= 0.3 is 6.09 Å². The molecular weight excluding hydrogens is 412 g/mol. The Kier molecular flexibility index (Phi) is 10.5. The fraction of sp³-hybridized carbons (Fsp3) is 0.435. The third-order valence-corrected chi connectivity index (χ3v) is 4.40. The molecule has 0 saturated heterocycles. The molecule has 0 saturated carbocycles. The molecule has 0 bridgehead atoms. The Morgan fingerprint density at radius 3 is 2.10 bits per heavy atom. The summed E-state index contributed by atoms with van der Waals surface area (Å²) in [5.41, 5.74) is 0.712. The van der Waals surface area contributed by atoms with Gasteiger partial charge in [0.1, 0.15) is 18.0 Å². The van der Waals surface area contributed by atoms with E-state index < -0.39 is 11.7 Å². The van der Waals surface area contributed by atoms with Crippen LogP contribution in [-0.4, -0.2) is 34.7 Å². The van der Waals surface area contributed by atoms with E-state index in [-0.39, 0.29) is 18.0 Å². The van der Waals surface area contributed by atoms with Crippen molar-refractivity contribution in [2.24, 2.45) is 0 Å². The minimum atomic E-state index is -0.634. The van der Waals surface area contributed by atoms with Crippen LogP contribution in [0.1, 0.15) is 47.1 Å². The van der Waals surface area contributed by atoms with E-state index in [9.17, 15) is 9.59 Å². The lowest BCUT2D eigenvalue weighted by Gasteiger charge is -2.19. The van der Waals surface area contributed by atoms with Crippen molar-refractivity contribution in [3.63, 3.8) is 0 Å². The topological polar surface area (TPSA) is 92.3 Å². The molecule has 0 spiro atoms. The summed E-state index contributed by atoms with van der Waals surface area (Å²) in [5.74, 6) is 0.0488. The van der Waals surface area contributed by atoms with Crippen LogP contribution in [0.25, 0.3) is 0 Å². The number of nitrogens with one attached hydrogen (secondary N) is 3. The van der Waals surface area contributed by atoms with Gasteiger partial charge in [0.25, 0.3) is 0 Å². The van der Waals surface area contributed by atoms with E-state index in [1.807, 2.05) is 24.3 Å². The van der Waals surface area contributed by atoms with E-state index in [0.29, 0.717) is 5.82 Å². The maximum Gasteiger partial charge on any atom is 0.408 e. The van der Waals surface area contributed by atoms with Crippen LogP contribution in [0.5, 0.6) is 0 Å². The van der Waals surface area contributed by atoms with E-state index in [0.717, 1.165) is 4.90 Å². The first-order valence-corrected chi connectivity index (χ1v) is 10.8. The molecule has 170 valence electrons. The number of hydrogen-bond donors (Lipinski definition) is 3. The molecule has 0 fully saturated rings. The number of ether oxygens (including phenoxy) is 1. The number of rotatable bonds is 5. The van der Waals surface area contributed by atoms with Crippen molar-refractivity contribution in [3.8, 4) is 0 Å². The summed E-state index contributed by atoms with van der Waals surface area (Å²) >= 11 is 1.48. The zero-order valence-electron chi connectivity index (χ0n) is 19.4. The molecular formula is C23H34N4O3S. The van der Waals surface area contributed by atoms with Crippen molar-refractivity contribution in [1.82, 2.24) is 15.0 Å². The number of alkyl carbamates (subject to hydrolysis) is 1. The van der Waals surface area contributed by atoms with Crippen molar-refractivity contribution in [1.29, 1.82) is 0 Å². The number of benzene rings is 1. The van der Waals surface area contributed by atoms with Gasteiger partial charge in [0.05, 0.1) is 0 Å². The zero-order valence-corrected chi connectivity index (χ0v) is 20.2. The van der Waals surface area contributed by atoms with Crippen LogP contribution in [0.2, 0.25) is 0 Å². The Hall–Kier alpha value is -2.58. The van der Waals surface area contributed by atoms with Crippen LogP contribution in [0.3, 0.4) is 0 Å². The number of aromatic nitrogens is 1. The van der Waals surface area contributed by atoms with Crippen molar-refractivity contribution < 1.29 is 14.3 Å². The molecule has 0 unspecified atom stereocenters. The second-order valence-corrected chi connectivity index (χ2v) is 9.77. The molecule has 1 aromatic carbocycles. The van der Waals surface area contributed by atoms with Crippen LogP contribution in [-0.2, 0) is 9.53 Å². The molecule has 3 N–H and O–H groups in total. The van der Waals surface area contributed by atoms with Crippen LogP contribution in [0.15, 0.2) is 53.6 Å². The molecule has 0 aliphatic carbocycles. The fourth-order valence-corrected chi connectivity index (χ4v) is 2.58. The van der Waals surface area contributed by atoms with Gasteiger partial charge in [0.15, 0.2) is 0 Å². The molecule has 0 aliphatic heterocycles. The van der Waals surface area contributed by atoms with Gasteiger partial charge < -0.3 is 15.4 Å². The first-order valence-electron chi connectivity index (χ1n) is 10.0. The normalized spacial score (nSPS) is 11.1. The summed E-state index contributed by atoms with van der Waals surface area (Å²) in [6, 6.07) is 13.8. The predicted octanol–water partition coefficient (Wildman–Crippen LogP) is 4.94. The van der Waals surface area contributed by atoms with Crippen molar-refractivity contribution >= 4 is 29.8 Å². The second kappa shape index (κ2) is 12.3. The van der Waals surface area contributed by atoms with Crippen LogP contribution < -0.4 is 15.4 Å². The van der Waals surface area contributed by atoms with Gasteiger partial charge in [0.2, 0.25) is 5.91 Å². The maximum atomic E-state index is 11.8. The molecule has 0 aliphatic rings. The molecule has 2 amide bonds. The summed E-state index contributed by atoms with van der Waals surface area (Å²) < 4.78 is 8.33. The quantitative estimate of drug-likeness (QED) is 0.564. The molecule has 8 heteroatoms. The van der Waals surface area contributed by atoms with Gasteiger partial charge in [-0.2, -0.15) is 0 Å². The third-order valence-electron chi connectivity index (χ3n) is 3.21. The average Bonchev–Trinajstić information content (AvgIpc) is 2.65. The summed E-state index contributed by atoms with van der Waals surface area (Å²) in [6.07, 6.45) is 1.03. The lowest BCUT2D eigenvalue weighted by molar-refractivity contribution is -0.115. The van der Waals surface area contributed by atoms with Gasteiger partial charge in [0, 0.05) is 16.6 Å². The Labute approximate surface area is 189 Å². The molecule has 2 aromatic rings. The van der Waals surface area contributed by atoms with Crippen molar-refractivity contribution in [2.75, 3.05) is 11.9 Å². The van der Waals surface area contributed by atoms with Gasteiger partial charge in [-0.05, 0) is 72.5 Å². The van der Waals surface area contributed by atoms with Crippen molar-refractivity contribution in [3.05, 3.63) is 54.2 Å².